The monoisotopic (exact) mass is 273 g/mol. The zero-order valence-electron chi connectivity index (χ0n) is 13.4. The first-order chi connectivity index (χ1) is 9.60. The zero-order valence-corrected chi connectivity index (χ0v) is 13.4. The van der Waals surface area contributed by atoms with E-state index in [0.717, 1.165) is 12.3 Å². The number of hydrogen-bond donors (Lipinski definition) is 1. The van der Waals surface area contributed by atoms with Crippen molar-refractivity contribution in [1.82, 2.24) is 0 Å². The second-order valence-electron chi connectivity index (χ2n) is 7.07. The van der Waals surface area contributed by atoms with Crippen LogP contribution >= 0.6 is 0 Å². The number of benzene rings is 1. The molecule has 112 valence electrons. The third-order valence-electron chi connectivity index (χ3n) is 4.89. The summed E-state index contributed by atoms with van der Waals surface area (Å²) in [6, 6.07) is 9.24. The molecule has 1 aromatic carbocycles. The maximum absolute atomic E-state index is 6.59. The van der Waals surface area contributed by atoms with Gasteiger partial charge in [-0.25, -0.2) is 0 Å². The fourth-order valence-corrected chi connectivity index (χ4v) is 3.70. The van der Waals surface area contributed by atoms with Gasteiger partial charge in [-0.15, -0.1) is 0 Å². The van der Waals surface area contributed by atoms with Crippen LogP contribution in [-0.2, 0) is 6.42 Å². The van der Waals surface area contributed by atoms with E-state index in [2.05, 4.69) is 45.0 Å². The molecule has 1 aliphatic carbocycles. The Morgan fingerprint density at radius 2 is 2.05 bits per heavy atom. The van der Waals surface area contributed by atoms with Crippen LogP contribution in [0.4, 0.5) is 0 Å². The summed E-state index contributed by atoms with van der Waals surface area (Å²) in [6.07, 6.45) is 7.88. The molecule has 0 spiro atoms. The fourth-order valence-electron chi connectivity index (χ4n) is 3.70. The zero-order chi connectivity index (χ0) is 14.5. The van der Waals surface area contributed by atoms with Crippen LogP contribution in [0.2, 0.25) is 0 Å². The van der Waals surface area contributed by atoms with E-state index in [-0.39, 0.29) is 6.04 Å². The van der Waals surface area contributed by atoms with Crippen molar-refractivity contribution in [3.8, 4) is 0 Å². The molecule has 2 rings (SSSR count). The molecule has 0 heterocycles. The predicted octanol–water partition coefficient (Wildman–Crippen LogP) is 5.10. The van der Waals surface area contributed by atoms with Crippen LogP contribution in [0, 0.1) is 17.8 Å². The molecule has 3 unspecified atom stereocenters. The minimum atomic E-state index is 0.233. The molecule has 2 N–H and O–H groups in total. The lowest BCUT2D eigenvalue weighted by molar-refractivity contribution is 0.230. The second kappa shape index (κ2) is 7.26. The smallest absolute Gasteiger partial charge is 0.0323 e. The summed E-state index contributed by atoms with van der Waals surface area (Å²) < 4.78 is 0. The molecule has 1 nitrogen and oxygen atoms in total. The molecule has 0 amide bonds. The van der Waals surface area contributed by atoms with Gasteiger partial charge in [0.25, 0.3) is 0 Å². The average molecular weight is 273 g/mol. The van der Waals surface area contributed by atoms with Gasteiger partial charge in [-0.3, -0.25) is 0 Å². The Labute approximate surface area is 125 Å². The molecular weight excluding hydrogens is 242 g/mol. The van der Waals surface area contributed by atoms with Crippen molar-refractivity contribution in [1.29, 1.82) is 0 Å². The Morgan fingerprint density at radius 1 is 1.25 bits per heavy atom. The molecule has 0 aliphatic heterocycles. The van der Waals surface area contributed by atoms with Crippen molar-refractivity contribution < 1.29 is 0 Å². The fraction of sp³-hybridized carbons (Fsp3) is 0.684. The Bertz CT molecular complexity index is 410. The molecule has 0 saturated heterocycles. The van der Waals surface area contributed by atoms with E-state index in [1.807, 2.05) is 0 Å². The number of nitrogens with two attached hydrogens (primary N) is 1. The van der Waals surface area contributed by atoms with E-state index >= 15 is 0 Å². The first-order valence-electron chi connectivity index (χ1n) is 8.44. The van der Waals surface area contributed by atoms with Gasteiger partial charge >= 0.3 is 0 Å². The van der Waals surface area contributed by atoms with Crippen molar-refractivity contribution in [2.75, 3.05) is 0 Å². The summed E-state index contributed by atoms with van der Waals surface area (Å²) in [5.74, 6) is 2.29. The van der Waals surface area contributed by atoms with E-state index in [1.165, 1.54) is 43.2 Å². The first kappa shape index (κ1) is 15.6. The van der Waals surface area contributed by atoms with Gasteiger partial charge in [0.05, 0.1) is 0 Å². The summed E-state index contributed by atoms with van der Waals surface area (Å²) in [7, 11) is 0. The lowest BCUT2D eigenvalue weighted by Crippen LogP contribution is -2.27. The van der Waals surface area contributed by atoms with Crippen molar-refractivity contribution in [3.63, 3.8) is 0 Å². The Hall–Kier alpha value is -0.820. The van der Waals surface area contributed by atoms with Crippen LogP contribution < -0.4 is 5.73 Å². The quantitative estimate of drug-likeness (QED) is 0.793. The van der Waals surface area contributed by atoms with Crippen LogP contribution in [0.3, 0.4) is 0 Å². The van der Waals surface area contributed by atoms with Gasteiger partial charge in [0, 0.05) is 6.04 Å². The average Bonchev–Trinajstić information content (AvgIpc) is 2.46. The van der Waals surface area contributed by atoms with Crippen LogP contribution in [0.15, 0.2) is 24.3 Å². The molecule has 1 aliphatic rings. The molecule has 1 aromatic rings. The van der Waals surface area contributed by atoms with Gasteiger partial charge in [-0.1, -0.05) is 64.3 Å². The van der Waals surface area contributed by atoms with Crippen molar-refractivity contribution in [3.05, 3.63) is 35.4 Å². The highest BCUT2D eigenvalue weighted by Gasteiger charge is 2.26. The van der Waals surface area contributed by atoms with Crippen molar-refractivity contribution in [2.45, 2.75) is 65.3 Å². The second-order valence-corrected chi connectivity index (χ2v) is 7.07. The third kappa shape index (κ3) is 4.09. The van der Waals surface area contributed by atoms with Gasteiger partial charge < -0.3 is 5.73 Å². The number of rotatable bonds is 5. The molecule has 1 fully saturated rings. The van der Waals surface area contributed by atoms with E-state index in [1.54, 1.807) is 0 Å². The maximum Gasteiger partial charge on any atom is 0.0323 e. The van der Waals surface area contributed by atoms with E-state index in [9.17, 15) is 0 Å². The van der Waals surface area contributed by atoms with Gasteiger partial charge in [-0.05, 0) is 48.1 Å². The molecule has 20 heavy (non-hydrogen) atoms. The van der Waals surface area contributed by atoms with Crippen LogP contribution in [0.5, 0.6) is 0 Å². The highest BCUT2D eigenvalue weighted by Crippen LogP contribution is 2.37. The number of hydrogen-bond acceptors (Lipinski definition) is 1. The van der Waals surface area contributed by atoms with Crippen molar-refractivity contribution >= 4 is 0 Å². The van der Waals surface area contributed by atoms with Gasteiger partial charge in [0.2, 0.25) is 0 Å². The summed E-state index contributed by atoms with van der Waals surface area (Å²) in [5.41, 5.74) is 9.38. The molecule has 1 heteroatoms. The van der Waals surface area contributed by atoms with Crippen LogP contribution in [-0.4, -0.2) is 0 Å². The third-order valence-corrected chi connectivity index (χ3v) is 4.89. The van der Waals surface area contributed by atoms with Gasteiger partial charge in [0.1, 0.15) is 0 Å². The molecule has 0 aromatic heterocycles. The minimum absolute atomic E-state index is 0.233. The Balaban J connectivity index is 2.06. The summed E-state index contributed by atoms with van der Waals surface area (Å²) in [6.45, 7) is 6.88. The molecule has 0 radical (unpaired) electrons. The first-order valence-corrected chi connectivity index (χ1v) is 8.44. The van der Waals surface area contributed by atoms with Crippen LogP contribution in [0.1, 0.15) is 70.0 Å². The van der Waals surface area contributed by atoms with E-state index in [4.69, 9.17) is 5.73 Å². The van der Waals surface area contributed by atoms with E-state index < -0.39 is 0 Å². The normalized spacial score (nSPS) is 24.9. The maximum atomic E-state index is 6.59. The molecule has 0 bridgehead atoms. The van der Waals surface area contributed by atoms with Gasteiger partial charge in [-0.2, -0.15) is 0 Å². The SMILES string of the molecule is CCC1CCCC(C(N)c2cccc(CC(C)C)c2)C1. The molecule has 1 saturated carbocycles. The van der Waals surface area contributed by atoms with Crippen molar-refractivity contribution in [2.24, 2.45) is 23.5 Å². The minimum Gasteiger partial charge on any atom is -0.324 e. The highest BCUT2D eigenvalue weighted by atomic mass is 14.7. The summed E-state index contributed by atoms with van der Waals surface area (Å²) >= 11 is 0. The molecular formula is C19H31N. The highest BCUT2D eigenvalue weighted by molar-refractivity contribution is 5.26. The predicted molar refractivity (Wildman–Crippen MR) is 87.7 cm³/mol. The standard InChI is InChI=1S/C19H31N/c1-4-15-7-5-9-17(12-15)19(20)18-10-6-8-16(13-18)11-14(2)3/h6,8,10,13-15,17,19H,4-5,7,9,11-12,20H2,1-3H3. The Kier molecular flexibility index (Phi) is 5.65. The summed E-state index contributed by atoms with van der Waals surface area (Å²) in [4.78, 5) is 0. The lowest BCUT2D eigenvalue weighted by Gasteiger charge is -2.32. The molecule has 3 atom stereocenters. The van der Waals surface area contributed by atoms with Crippen LogP contribution in [0.25, 0.3) is 0 Å². The topological polar surface area (TPSA) is 26.0 Å². The summed E-state index contributed by atoms with van der Waals surface area (Å²) in [5, 5.41) is 0. The largest absolute Gasteiger partial charge is 0.324 e. The van der Waals surface area contributed by atoms with E-state index in [0.29, 0.717) is 11.8 Å². The lowest BCUT2D eigenvalue weighted by atomic mass is 9.75. The Morgan fingerprint density at radius 3 is 2.75 bits per heavy atom. The van der Waals surface area contributed by atoms with Gasteiger partial charge in [0.15, 0.2) is 0 Å².